The standard InChI is InChI=1S/C21H32N4O2.ClH/c1-15-5-4-6-16(2)20(15)23-19(26)14-24-9-11-25(12-10-24)21(27)18-7-8-22-17(3)13-18;/h4-6,17-18,22H,7-14H2,1-3H3,(H,23,26);1H/t17-,18-;/m0./s1. The molecule has 0 radical (unpaired) electrons. The Morgan fingerprint density at radius 2 is 1.79 bits per heavy atom. The minimum Gasteiger partial charge on any atom is -0.340 e. The van der Waals surface area contributed by atoms with Gasteiger partial charge in [-0.25, -0.2) is 0 Å². The third-order valence-electron chi connectivity index (χ3n) is 5.77. The van der Waals surface area contributed by atoms with E-state index in [1.54, 1.807) is 0 Å². The molecule has 0 unspecified atom stereocenters. The predicted octanol–water partition coefficient (Wildman–Crippen LogP) is 2.20. The molecule has 156 valence electrons. The molecule has 0 saturated carbocycles. The minimum atomic E-state index is 0. The van der Waals surface area contributed by atoms with Crippen LogP contribution in [0, 0.1) is 19.8 Å². The summed E-state index contributed by atoms with van der Waals surface area (Å²) in [4.78, 5) is 29.3. The van der Waals surface area contributed by atoms with Crippen LogP contribution in [0.4, 0.5) is 5.69 Å². The molecule has 2 aliphatic rings. The largest absolute Gasteiger partial charge is 0.340 e. The fourth-order valence-electron chi connectivity index (χ4n) is 4.13. The molecule has 7 heteroatoms. The Bertz CT molecular complexity index is 669. The quantitative estimate of drug-likeness (QED) is 0.801. The Labute approximate surface area is 174 Å². The van der Waals surface area contributed by atoms with E-state index in [1.165, 1.54) is 0 Å². The van der Waals surface area contributed by atoms with Gasteiger partial charge in [-0.2, -0.15) is 0 Å². The molecule has 2 saturated heterocycles. The number of amides is 2. The van der Waals surface area contributed by atoms with Crippen LogP contribution in [0.1, 0.15) is 30.9 Å². The van der Waals surface area contributed by atoms with E-state index in [1.807, 2.05) is 36.9 Å². The van der Waals surface area contributed by atoms with Crippen molar-refractivity contribution in [3.05, 3.63) is 29.3 Å². The lowest BCUT2D eigenvalue weighted by atomic mass is 9.92. The van der Waals surface area contributed by atoms with E-state index in [0.717, 1.165) is 49.3 Å². The van der Waals surface area contributed by atoms with Gasteiger partial charge in [0.05, 0.1) is 6.54 Å². The van der Waals surface area contributed by atoms with Crippen LogP contribution in [0.25, 0.3) is 0 Å². The van der Waals surface area contributed by atoms with Crippen LogP contribution in [-0.2, 0) is 9.59 Å². The summed E-state index contributed by atoms with van der Waals surface area (Å²) >= 11 is 0. The molecule has 2 heterocycles. The van der Waals surface area contributed by atoms with E-state index in [9.17, 15) is 9.59 Å². The lowest BCUT2D eigenvalue weighted by Crippen LogP contribution is -2.53. The SMILES string of the molecule is Cc1cccc(C)c1NC(=O)CN1CCN(C(=O)[C@H]2CCN[C@@H](C)C2)CC1.Cl. The number of hydrogen-bond acceptors (Lipinski definition) is 4. The third-order valence-corrected chi connectivity index (χ3v) is 5.77. The van der Waals surface area contributed by atoms with Crippen molar-refractivity contribution in [2.24, 2.45) is 5.92 Å². The summed E-state index contributed by atoms with van der Waals surface area (Å²) < 4.78 is 0. The first kappa shape index (κ1) is 22.7. The van der Waals surface area contributed by atoms with Gasteiger partial charge < -0.3 is 15.5 Å². The number of nitrogens with zero attached hydrogens (tertiary/aromatic N) is 2. The lowest BCUT2D eigenvalue weighted by Gasteiger charge is -2.37. The number of piperidine rings is 1. The summed E-state index contributed by atoms with van der Waals surface area (Å²) in [6.45, 7) is 10.4. The molecule has 0 spiro atoms. The third kappa shape index (κ3) is 5.69. The molecule has 2 fully saturated rings. The zero-order valence-electron chi connectivity index (χ0n) is 17.2. The molecule has 2 N–H and O–H groups in total. The van der Waals surface area contributed by atoms with Gasteiger partial charge in [-0.3, -0.25) is 14.5 Å². The van der Waals surface area contributed by atoms with Crippen molar-refractivity contribution in [3.8, 4) is 0 Å². The van der Waals surface area contributed by atoms with Crippen LogP contribution >= 0.6 is 12.4 Å². The van der Waals surface area contributed by atoms with Gasteiger partial charge in [-0.15, -0.1) is 12.4 Å². The molecule has 0 aliphatic carbocycles. The second-order valence-corrected chi connectivity index (χ2v) is 7.99. The van der Waals surface area contributed by atoms with E-state index in [-0.39, 0.29) is 24.2 Å². The predicted molar refractivity (Wildman–Crippen MR) is 115 cm³/mol. The van der Waals surface area contributed by atoms with Gasteiger partial charge in [-0.1, -0.05) is 18.2 Å². The molecule has 2 atom stereocenters. The summed E-state index contributed by atoms with van der Waals surface area (Å²) in [5, 5.41) is 6.45. The fourth-order valence-corrected chi connectivity index (χ4v) is 4.13. The Morgan fingerprint density at radius 1 is 1.14 bits per heavy atom. The number of halogens is 1. The molecule has 3 rings (SSSR count). The first-order valence-corrected chi connectivity index (χ1v) is 10.0. The lowest BCUT2D eigenvalue weighted by molar-refractivity contribution is -0.138. The maximum Gasteiger partial charge on any atom is 0.238 e. The molecule has 1 aromatic carbocycles. The van der Waals surface area contributed by atoms with Gasteiger partial charge in [0, 0.05) is 43.8 Å². The van der Waals surface area contributed by atoms with Gasteiger partial charge in [0.25, 0.3) is 0 Å². The molecule has 2 amide bonds. The average molecular weight is 409 g/mol. The normalized spacial score (nSPS) is 23.0. The summed E-state index contributed by atoms with van der Waals surface area (Å²) in [5.74, 6) is 0.461. The van der Waals surface area contributed by atoms with Crippen LogP contribution < -0.4 is 10.6 Å². The number of anilines is 1. The Morgan fingerprint density at radius 3 is 2.39 bits per heavy atom. The summed E-state index contributed by atoms with van der Waals surface area (Å²) in [6, 6.07) is 6.44. The number of rotatable bonds is 4. The van der Waals surface area contributed by atoms with E-state index < -0.39 is 0 Å². The van der Waals surface area contributed by atoms with Crippen molar-refractivity contribution in [2.45, 2.75) is 39.7 Å². The van der Waals surface area contributed by atoms with Crippen LogP contribution in [0.5, 0.6) is 0 Å². The highest BCUT2D eigenvalue weighted by atomic mass is 35.5. The van der Waals surface area contributed by atoms with Crippen molar-refractivity contribution in [1.29, 1.82) is 0 Å². The zero-order valence-corrected chi connectivity index (χ0v) is 18.0. The number of para-hydroxylation sites is 1. The molecular formula is C21H33ClN4O2. The molecule has 2 aliphatic heterocycles. The highest BCUT2D eigenvalue weighted by Gasteiger charge is 2.30. The number of benzene rings is 1. The Hall–Kier alpha value is -1.63. The maximum absolute atomic E-state index is 12.7. The second kappa shape index (κ2) is 10.2. The number of carbonyl (C=O) groups excluding carboxylic acids is 2. The minimum absolute atomic E-state index is 0. The fraction of sp³-hybridized carbons (Fsp3) is 0.619. The first-order chi connectivity index (χ1) is 12.9. The van der Waals surface area contributed by atoms with E-state index in [4.69, 9.17) is 0 Å². The first-order valence-electron chi connectivity index (χ1n) is 10.0. The topological polar surface area (TPSA) is 64.7 Å². The van der Waals surface area contributed by atoms with E-state index in [0.29, 0.717) is 31.6 Å². The Kier molecular flexibility index (Phi) is 8.28. The van der Waals surface area contributed by atoms with Gasteiger partial charge in [0.2, 0.25) is 11.8 Å². The highest BCUT2D eigenvalue weighted by Crippen LogP contribution is 2.21. The van der Waals surface area contributed by atoms with E-state index in [2.05, 4.69) is 22.5 Å². The second-order valence-electron chi connectivity index (χ2n) is 7.99. The Balaban J connectivity index is 0.00000280. The van der Waals surface area contributed by atoms with Crippen molar-refractivity contribution >= 4 is 29.9 Å². The van der Waals surface area contributed by atoms with Crippen molar-refractivity contribution in [1.82, 2.24) is 15.1 Å². The molecule has 28 heavy (non-hydrogen) atoms. The zero-order chi connectivity index (χ0) is 19.4. The molecule has 0 aromatic heterocycles. The van der Waals surface area contributed by atoms with Crippen LogP contribution in [0.3, 0.4) is 0 Å². The van der Waals surface area contributed by atoms with Crippen molar-refractivity contribution in [3.63, 3.8) is 0 Å². The smallest absolute Gasteiger partial charge is 0.238 e. The van der Waals surface area contributed by atoms with Crippen molar-refractivity contribution in [2.75, 3.05) is 44.6 Å². The summed E-state index contributed by atoms with van der Waals surface area (Å²) in [6.07, 6.45) is 1.86. The number of aryl methyl sites for hydroxylation is 2. The van der Waals surface area contributed by atoms with Gasteiger partial charge >= 0.3 is 0 Å². The number of hydrogen-bond donors (Lipinski definition) is 2. The van der Waals surface area contributed by atoms with Gasteiger partial charge in [0.1, 0.15) is 0 Å². The monoisotopic (exact) mass is 408 g/mol. The van der Waals surface area contributed by atoms with Gasteiger partial charge in [-0.05, 0) is 51.3 Å². The maximum atomic E-state index is 12.7. The highest BCUT2D eigenvalue weighted by molar-refractivity contribution is 5.93. The molecule has 6 nitrogen and oxygen atoms in total. The number of nitrogens with one attached hydrogen (secondary N) is 2. The summed E-state index contributed by atoms with van der Waals surface area (Å²) in [5.41, 5.74) is 3.07. The molecule has 0 bridgehead atoms. The number of carbonyl (C=O) groups is 2. The van der Waals surface area contributed by atoms with Crippen LogP contribution in [-0.4, -0.2) is 66.9 Å². The van der Waals surface area contributed by atoms with E-state index >= 15 is 0 Å². The van der Waals surface area contributed by atoms with Crippen LogP contribution in [0.15, 0.2) is 18.2 Å². The average Bonchev–Trinajstić information content (AvgIpc) is 2.65. The molecule has 1 aromatic rings. The van der Waals surface area contributed by atoms with Crippen molar-refractivity contribution < 1.29 is 9.59 Å². The van der Waals surface area contributed by atoms with Gasteiger partial charge in [0.15, 0.2) is 0 Å². The number of piperazine rings is 1. The molecular weight excluding hydrogens is 376 g/mol. The van der Waals surface area contributed by atoms with Crippen LogP contribution in [0.2, 0.25) is 0 Å². The summed E-state index contributed by atoms with van der Waals surface area (Å²) in [7, 11) is 0.